The molecule has 1 fully saturated rings. The largest absolute Gasteiger partial charge is 0.341 e. The van der Waals surface area contributed by atoms with E-state index in [0.717, 1.165) is 29.7 Å². The second-order valence-corrected chi connectivity index (χ2v) is 6.13. The summed E-state index contributed by atoms with van der Waals surface area (Å²) in [5.74, 6) is 0.950. The predicted molar refractivity (Wildman–Crippen MR) is 81.1 cm³/mol. The summed E-state index contributed by atoms with van der Waals surface area (Å²) in [6.45, 7) is 5.10. The maximum absolute atomic E-state index is 4.49. The molecule has 1 aliphatic rings. The normalized spacial score (nSPS) is 14.9. The summed E-state index contributed by atoms with van der Waals surface area (Å²) in [6.07, 6.45) is 4.55. The second-order valence-electron chi connectivity index (χ2n) is 5.34. The van der Waals surface area contributed by atoms with Gasteiger partial charge in [-0.3, -0.25) is 0 Å². The Morgan fingerprint density at radius 1 is 1.32 bits per heavy atom. The zero-order chi connectivity index (χ0) is 13.4. The average Bonchev–Trinajstić information content (AvgIpc) is 3.10. The number of nitrogens with zero attached hydrogens (tertiary/aromatic N) is 1. The molecule has 0 unspecified atom stereocenters. The van der Waals surface area contributed by atoms with Crippen molar-refractivity contribution in [1.82, 2.24) is 15.3 Å². The molecule has 1 aliphatic carbocycles. The van der Waals surface area contributed by atoms with Crippen molar-refractivity contribution >= 4 is 15.9 Å². The molecule has 0 saturated heterocycles. The van der Waals surface area contributed by atoms with Crippen molar-refractivity contribution in [2.24, 2.45) is 0 Å². The van der Waals surface area contributed by atoms with Crippen LogP contribution in [0.3, 0.4) is 0 Å². The fourth-order valence-electron chi connectivity index (χ4n) is 2.22. The number of aromatic nitrogens is 2. The van der Waals surface area contributed by atoms with Gasteiger partial charge in [-0.2, -0.15) is 0 Å². The van der Waals surface area contributed by atoms with Gasteiger partial charge in [-0.25, -0.2) is 4.98 Å². The standard InChI is InChI=1S/C15H18BrN3/c1-9-5-11(6-10(2)14(9)16)15-18-8-13(19-15)7-17-12-3-4-12/h5-6,8,12,17H,3-4,7H2,1-2H3,(H,18,19). The molecule has 1 saturated carbocycles. The van der Waals surface area contributed by atoms with Gasteiger partial charge >= 0.3 is 0 Å². The molecule has 0 radical (unpaired) electrons. The number of benzene rings is 1. The van der Waals surface area contributed by atoms with Gasteiger partial charge in [0.15, 0.2) is 0 Å². The lowest BCUT2D eigenvalue weighted by Gasteiger charge is -2.06. The Morgan fingerprint density at radius 3 is 2.63 bits per heavy atom. The Kier molecular flexibility index (Phi) is 3.46. The van der Waals surface area contributed by atoms with E-state index in [0.29, 0.717) is 0 Å². The molecule has 0 atom stereocenters. The first kappa shape index (κ1) is 12.9. The van der Waals surface area contributed by atoms with Gasteiger partial charge in [0.1, 0.15) is 5.82 Å². The number of hydrogen-bond donors (Lipinski definition) is 2. The molecule has 0 spiro atoms. The molecule has 0 amide bonds. The fourth-order valence-corrected chi connectivity index (χ4v) is 2.45. The van der Waals surface area contributed by atoms with Crippen molar-refractivity contribution in [2.45, 2.75) is 39.3 Å². The van der Waals surface area contributed by atoms with Gasteiger partial charge < -0.3 is 10.3 Å². The summed E-state index contributed by atoms with van der Waals surface area (Å²) >= 11 is 3.60. The fraction of sp³-hybridized carbons (Fsp3) is 0.400. The van der Waals surface area contributed by atoms with Crippen LogP contribution >= 0.6 is 15.9 Å². The van der Waals surface area contributed by atoms with Crippen LogP contribution in [0.4, 0.5) is 0 Å². The minimum absolute atomic E-state index is 0.726. The number of nitrogens with one attached hydrogen (secondary N) is 2. The van der Waals surface area contributed by atoms with Crippen molar-refractivity contribution in [3.63, 3.8) is 0 Å². The van der Waals surface area contributed by atoms with Crippen LogP contribution < -0.4 is 5.32 Å². The summed E-state index contributed by atoms with van der Waals surface area (Å²) in [5, 5.41) is 3.49. The zero-order valence-corrected chi connectivity index (χ0v) is 12.8. The molecule has 1 aromatic heterocycles. The Bertz CT molecular complexity index is 576. The van der Waals surface area contributed by atoms with E-state index in [4.69, 9.17) is 0 Å². The van der Waals surface area contributed by atoms with Crippen LogP contribution in [0.5, 0.6) is 0 Å². The maximum atomic E-state index is 4.49. The van der Waals surface area contributed by atoms with Crippen LogP contribution in [-0.4, -0.2) is 16.0 Å². The first-order valence-corrected chi connectivity index (χ1v) is 7.47. The van der Waals surface area contributed by atoms with E-state index in [1.54, 1.807) is 0 Å². The monoisotopic (exact) mass is 319 g/mol. The van der Waals surface area contributed by atoms with Crippen LogP contribution in [0.1, 0.15) is 29.7 Å². The molecule has 19 heavy (non-hydrogen) atoms. The molecule has 2 aromatic rings. The quantitative estimate of drug-likeness (QED) is 0.902. The number of aryl methyl sites for hydroxylation is 2. The van der Waals surface area contributed by atoms with Crippen LogP contribution in [0, 0.1) is 13.8 Å². The molecule has 1 heterocycles. The highest BCUT2D eigenvalue weighted by molar-refractivity contribution is 9.10. The van der Waals surface area contributed by atoms with E-state index in [9.17, 15) is 0 Å². The number of rotatable bonds is 4. The second kappa shape index (κ2) is 5.10. The molecule has 3 rings (SSSR count). The minimum atomic E-state index is 0.726. The molecule has 1 aromatic carbocycles. The van der Waals surface area contributed by atoms with Crippen molar-refractivity contribution in [2.75, 3.05) is 0 Å². The van der Waals surface area contributed by atoms with Crippen LogP contribution in [-0.2, 0) is 6.54 Å². The summed E-state index contributed by atoms with van der Waals surface area (Å²) in [6, 6.07) is 5.05. The molecule has 0 bridgehead atoms. The van der Waals surface area contributed by atoms with Crippen molar-refractivity contribution in [1.29, 1.82) is 0 Å². The average molecular weight is 320 g/mol. The number of halogens is 1. The molecular weight excluding hydrogens is 302 g/mol. The van der Waals surface area contributed by atoms with E-state index in [-0.39, 0.29) is 0 Å². The van der Waals surface area contributed by atoms with E-state index in [1.807, 2.05) is 6.20 Å². The topological polar surface area (TPSA) is 40.7 Å². The van der Waals surface area contributed by atoms with Gasteiger partial charge in [0, 0.05) is 34.5 Å². The van der Waals surface area contributed by atoms with Crippen LogP contribution in [0.25, 0.3) is 11.4 Å². The highest BCUT2D eigenvalue weighted by Crippen LogP contribution is 2.27. The zero-order valence-electron chi connectivity index (χ0n) is 11.3. The Labute approximate surface area is 122 Å². The van der Waals surface area contributed by atoms with Gasteiger partial charge in [-0.05, 0) is 49.9 Å². The van der Waals surface area contributed by atoms with E-state index >= 15 is 0 Å². The van der Waals surface area contributed by atoms with Gasteiger partial charge in [-0.15, -0.1) is 0 Å². The third-order valence-electron chi connectivity index (χ3n) is 3.50. The first-order valence-electron chi connectivity index (χ1n) is 6.68. The molecule has 100 valence electrons. The molecular formula is C15H18BrN3. The first-order chi connectivity index (χ1) is 9.13. The van der Waals surface area contributed by atoms with Crippen LogP contribution in [0.2, 0.25) is 0 Å². The molecule has 0 aliphatic heterocycles. The van der Waals surface area contributed by atoms with Gasteiger partial charge in [0.2, 0.25) is 0 Å². The smallest absolute Gasteiger partial charge is 0.137 e. The van der Waals surface area contributed by atoms with E-state index in [2.05, 4.69) is 57.2 Å². The minimum Gasteiger partial charge on any atom is -0.341 e. The molecule has 3 nitrogen and oxygen atoms in total. The Balaban J connectivity index is 1.81. The molecule has 4 heteroatoms. The molecule has 2 N–H and O–H groups in total. The van der Waals surface area contributed by atoms with Crippen molar-refractivity contribution < 1.29 is 0 Å². The number of hydrogen-bond acceptors (Lipinski definition) is 2. The number of imidazole rings is 1. The number of aromatic amines is 1. The maximum Gasteiger partial charge on any atom is 0.137 e. The summed E-state index contributed by atoms with van der Waals surface area (Å²) in [7, 11) is 0. The van der Waals surface area contributed by atoms with E-state index in [1.165, 1.54) is 28.4 Å². The Morgan fingerprint density at radius 2 is 2.00 bits per heavy atom. The van der Waals surface area contributed by atoms with Crippen LogP contribution in [0.15, 0.2) is 22.8 Å². The summed E-state index contributed by atoms with van der Waals surface area (Å²) < 4.78 is 1.18. The lowest BCUT2D eigenvalue weighted by Crippen LogP contribution is -2.15. The van der Waals surface area contributed by atoms with Gasteiger partial charge in [0.25, 0.3) is 0 Å². The number of H-pyrrole nitrogens is 1. The summed E-state index contributed by atoms with van der Waals surface area (Å²) in [5.41, 5.74) is 4.78. The summed E-state index contributed by atoms with van der Waals surface area (Å²) in [4.78, 5) is 7.88. The SMILES string of the molecule is Cc1cc(-c2ncc(CNC3CC3)[nH]2)cc(C)c1Br. The van der Waals surface area contributed by atoms with E-state index < -0.39 is 0 Å². The van der Waals surface area contributed by atoms with Gasteiger partial charge in [-0.1, -0.05) is 15.9 Å². The highest BCUT2D eigenvalue weighted by atomic mass is 79.9. The predicted octanol–water partition coefficient (Wildman–Crippen LogP) is 3.71. The third-order valence-corrected chi connectivity index (χ3v) is 4.75. The Hall–Kier alpha value is -1.13. The lowest BCUT2D eigenvalue weighted by atomic mass is 10.1. The highest BCUT2D eigenvalue weighted by Gasteiger charge is 2.20. The van der Waals surface area contributed by atoms with Gasteiger partial charge in [0.05, 0.1) is 0 Å². The lowest BCUT2D eigenvalue weighted by molar-refractivity contribution is 0.677. The van der Waals surface area contributed by atoms with Crippen molar-refractivity contribution in [3.8, 4) is 11.4 Å². The third kappa shape index (κ3) is 2.90. The van der Waals surface area contributed by atoms with Crippen molar-refractivity contribution in [3.05, 3.63) is 39.6 Å².